The molecule has 0 aliphatic rings. The zero-order valence-electron chi connectivity index (χ0n) is 8.81. The van der Waals surface area contributed by atoms with Gasteiger partial charge < -0.3 is 0 Å². The molecule has 0 saturated carbocycles. The number of hydrogen-bond donors (Lipinski definition) is 2. The monoisotopic (exact) mass is 208 g/mol. The minimum Gasteiger partial charge on any atom is -0.297 e. The number of nitrogens with zero attached hydrogens (tertiary/aromatic N) is 2. The topological polar surface area (TPSA) is 71.2 Å². The molecule has 0 saturated heterocycles. The number of aromatic nitrogens is 1. The first-order chi connectivity index (χ1) is 7.22. The quantitative estimate of drug-likeness (QED) is 0.390. The average Bonchev–Trinajstić information content (AvgIpc) is 2.27. The molecule has 0 atom stereocenters. The summed E-state index contributed by atoms with van der Waals surface area (Å²) in [6.45, 7) is 1.09. The van der Waals surface area contributed by atoms with Gasteiger partial charge in [0.1, 0.15) is 0 Å². The van der Waals surface area contributed by atoms with Gasteiger partial charge in [-0.1, -0.05) is 6.07 Å². The Morgan fingerprint density at radius 3 is 3.00 bits per heavy atom. The molecule has 0 radical (unpaired) electrons. The maximum atomic E-state index is 10.9. The number of amides is 1. The zero-order chi connectivity index (χ0) is 11.1. The van der Waals surface area contributed by atoms with Crippen molar-refractivity contribution < 1.29 is 4.79 Å². The van der Waals surface area contributed by atoms with Gasteiger partial charge in [-0.15, -0.1) is 0 Å². The Morgan fingerprint density at radius 1 is 1.60 bits per heavy atom. The molecule has 0 spiro atoms. The first kappa shape index (κ1) is 11.6. The molecule has 1 amide bonds. The largest absolute Gasteiger partial charge is 0.297 e. The number of nitrogens with one attached hydrogen (secondary N) is 1. The van der Waals surface area contributed by atoms with E-state index in [-0.39, 0.29) is 5.91 Å². The van der Waals surface area contributed by atoms with Crippen molar-refractivity contribution in [1.82, 2.24) is 15.3 Å². The van der Waals surface area contributed by atoms with Gasteiger partial charge in [0, 0.05) is 24.9 Å². The van der Waals surface area contributed by atoms with E-state index in [1.807, 2.05) is 30.1 Å². The highest BCUT2D eigenvalue weighted by molar-refractivity contribution is 5.77. The fraction of sp³-hybridized carbons (Fsp3) is 0.400. The Hall–Kier alpha value is -1.46. The third-order valence-corrected chi connectivity index (χ3v) is 2.05. The number of rotatable bonds is 5. The predicted octanol–water partition coefficient (Wildman–Crippen LogP) is -0.454. The van der Waals surface area contributed by atoms with Crippen LogP contribution in [0, 0.1) is 0 Å². The van der Waals surface area contributed by atoms with Crippen LogP contribution >= 0.6 is 0 Å². The summed E-state index contributed by atoms with van der Waals surface area (Å²) >= 11 is 0. The fourth-order valence-corrected chi connectivity index (χ4v) is 1.22. The number of hydrazine groups is 1. The standard InChI is InChI=1S/C10H16N4O/c1-14(8-10(15)13-11)7-5-9-4-2-3-6-12-9/h2-4,6H,5,7-8,11H2,1H3,(H,13,15). The van der Waals surface area contributed by atoms with Crippen molar-refractivity contribution in [3.63, 3.8) is 0 Å². The van der Waals surface area contributed by atoms with Crippen LogP contribution in [-0.2, 0) is 11.2 Å². The van der Waals surface area contributed by atoms with Crippen LogP contribution in [-0.4, -0.2) is 35.9 Å². The number of likely N-dealkylation sites (N-methyl/N-ethyl adjacent to an activating group) is 1. The normalized spacial score (nSPS) is 10.3. The molecule has 1 aromatic heterocycles. The summed E-state index contributed by atoms with van der Waals surface area (Å²) in [5.74, 6) is 4.81. The summed E-state index contributed by atoms with van der Waals surface area (Å²) in [6.07, 6.45) is 2.59. The second kappa shape index (κ2) is 6.10. The van der Waals surface area contributed by atoms with E-state index < -0.39 is 0 Å². The molecule has 1 heterocycles. The smallest absolute Gasteiger partial charge is 0.248 e. The highest BCUT2D eigenvalue weighted by Crippen LogP contribution is 1.95. The first-order valence-electron chi connectivity index (χ1n) is 4.80. The molecule has 0 aliphatic heterocycles. The van der Waals surface area contributed by atoms with Crippen LogP contribution in [0.15, 0.2) is 24.4 Å². The van der Waals surface area contributed by atoms with Crippen molar-refractivity contribution in [2.45, 2.75) is 6.42 Å². The van der Waals surface area contributed by atoms with Crippen molar-refractivity contribution in [2.75, 3.05) is 20.1 Å². The SMILES string of the molecule is CN(CCc1ccccn1)CC(=O)NN. The molecule has 0 aliphatic carbocycles. The van der Waals surface area contributed by atoms with E-state index in [1.54, 1.807) is 6.20 Å². The number of carbonyl (C=O) groups excluding carboxylic acids is 1. The Kier molecular flexibility index (Phi) is 4.73. The minimum atomic E-state index is -0.182. The van der Waals surface area contributed by atoms with Crippen molar-refractivity contribution in [3.8, 4) is 0 Å². The number of hydrogen-bond acceptors (Lipinski definition) is 4. The Labute approximate surface area is 89.3 Å². The van der Waals surface area contributed by atoms with E-state index in [0.717, 1.165) is 18.7 Å². The summed E-state index contributed by atoms with van der Waals surface area (Å²) in [4.78, 5) is 17.0. The van der Waals surface area contributed by atoms with Crippen LogP contribution in [0.3, 0.4) is 0 Å². The molecule has 15 heavy (non-hydrogen) atoms. The van der Waals surface area contributed by atoms with Gasteiger partial charge in [-0.3, -0.25) is 20.1 Å². The van der Waals surface area contributed by atoms with Crippen LogP contribution in [0.2, 0.25) is 0 Å². The van der Waals surface area contributed by atoms with Crippen molar-refractivity contribution >= 4 is 5.91 Å². The lowest BCUT2D eigenvalue weighted by Gasteiger charge is -2.14. The molecule has 0 aromatic carbocycles. The van der Waals surface area contributed by atoms with Gasteiger partial charge in [-0.2, -0.15) is 0 Å². The lowest BCUT2D eigenvalue weighted by Crippen LogP contribution is -2.39. The Balaban J connectivity index is 2.28. The van der Waals surface area contributed by atoms with Crippen molar-refractivity contribution in [1.29, 1.82) is 0 Å². The van der Waals surface area contributed by atoms with Crippen LogP contribution in [0.5, 0.6) is 0 Å². The van der Waals surface area contributed by atoms with Gasteiger partial charge in [0.2, 0.25) is 5.91 Å². The first-order valence-corrected chi connectivity index (χ1v) is 4.80. The Morgan fingerprint density at radius 2 is 2.40 bits per heavy atom. The zero-order valence-corrected chi connectivity index (χ0v) is 8.81. The predicted molar refractivity (Wildman–Crippen MR) is 57.8 cm³/mol. The summed E-state index contributed by atoms with van der Waals surface area (Å²) < 4.78 is 0. The highest BCUT2D eigenvalue weighted by atomic mass is 16.2. The Bertz CT molecular complexity index is 302. The van der Waals surface area contributed by atoms with Gasteiger partial charge >= 0.3 is 0 Å². The van der Waals surface area contributed by atoms with Crippen LogP contribution in [0.4, 0.5) is 0 Å². The number of pyridine rings is 1. The van der Waals surface area contributed by atoms with E-state index >= 15 is 0 Å². The van der Waals surface area contributed by atoms with E-state index in [9.17, 15) is 4.79 Å². The van der Waals surface area contributed by atoms with Gasteiger partial charge in [-0.25, -0.2) is 5.84 Å². The molecule has 5 nitrogen and oxygen atoms in total. The van der Waals surface area contributed by atoms with Gasteiger partial charge in [0.15, 0.2) is 0 Å². The molecule has 0 unspecified atom stereocenters. The highest BCUT2D eigenvalue weighted by Gasteiger charge is 2.04. The van der Waals surface area contributed by atoms with Crippen molar-refractivity contribution in [3.05, 3.63) is 30.1 Å². The van der Waals surface area contributed by atoms with Crippen LogP contribution < -0.4 is 11.3 Å². The molecule has 1 rings (SSSR count). The molecule has 5 heteroatoms. The summed E-state index contributed by atoms with van der Waals surface area (Å²) in [5.41, 5.74) is 3.12. The summed E-state index contributed by atoms with van der Waals surface area (Å²) in [5, 5.41) is 0. The molecule has 0 fully saturated rings. The van der Waals surface area contributed by atoms with Gasteiger partial charge in [0.05, 0.1) is 6.54 Å². The molecule has 1 aromatic rings. The molecule has 0 bridgehead atoms. The second-order valence-corrected chi connectivity index (χ2v) is 3.38. The van der Waals surface area contributed by atoms with Crippen LogP contribution in [0.1, 0.15) is 5.69 Å². The van der Waals surface area contributed by atoms with Crippen LogP contribution in [0.25, 0.3) is 0 Å². The maximum absolute atomic E-state index is 10.9. The molecule has 3 N–H and O–H groups in total. The number of carbonyl (C=O) groups is 1. The second-order valence-electron chi connectivity index (χ2n) is 3.38. The van der Waals surface area contributed by atoms with E-state index in [1.165, 1.54) is 0 Å². The van der Waals surface area contributed by atoms with Crippen molar-refractivity contribution in [2.24, 2.45) is 5.84 Å². The van der Waals surface area contributed by atoms with Gasteiger partial charge in [0.25, 0.3) is 0 Å². The minimum absolute atomic E-state index is 0.182. The number of nitrogens with two attached hydrogens (primary N) is 1. The lowest BCUT2D eigenvalue weighted by atomic mass is 10.2. The molecular formula is C10H16N4O. The summed E-state index contributed by atoms with van der Waals surface area (Å²) in [6, 6.07) is 5.81. The van der Waals surface area contributed by atoms with E-state index in [4.69, 9.17) is 5.84 Å². The van der Waals surface area contributed by atoms with Gasteiger partial charge in [-0.05, 0) is 19.2 Å². The summed E-state index contributed by atoms with van der Waals surface area (Å²) in [7, 11) is 1.87. The average molecular weight is 208 g/mol. The molecule has 82 valence electrons. The third kappa shape index (κ3) is 4.53. The van der Waals surface area contributed by atoms with E-state index in [2.05, 4.69) is 10.4 Å². The van der Waals surface area contributed by atoms with E-state index in [0.29, 0.717) is 6.54 Å². The molecular weight excluding hydrogens is 192 g/mol. The third-order valence-electron chi connectivity index (χ3n) is 2.05. The lowest BCUT2D eigenvalue weighted by molar-refractivity contribution is -0.122. The fourth-order valence-electron chi connectivity index (χ4n) is 1.22. The maximum Gasteiger partial charge on any atom is 0.248 e.